The van der Waals surface area contributed by atoms with Crippen LogP contribution in [0.4, 0.5) is 18.9 Å². The second kappa shape index (κ2) is 10.7. The summed E-state index contributed by atoms with van der Waals surface area (Å²) in [6, 6.07) is 7.70. The Morgan fingerprint density at radius 1 is 1.08 bits per heavy atom. The molecule has 0 unspecified atom stereocenters. The van der Waals surface area contributed by atoms with Crippen LogP contribution in [0.2, 0.25) is 0 Å². The van der Waals surface area contributed by atoms with Crippen molar-refractivity contribution in [2.24, 2.45) is 5.92 Å². The first-order valence-electron chi connectivity index (χ1n) is 11.6. The van der Waals surface area contributed by atoms with Crippen LogP contribution >= 0.6 is 0 Å². The van der Waals surface area contributed by atoms with Gasteiger partial charge in [-0.15, -0.1) is 13.2 Å². The zero-order valence-corrected chi connectivity index (χ0v) is 19.3. The highest BCUT2D eigenvalue weighted by Crippen LogP contribution is 2.34. The van der Waals surface area contributed by atoms with Gasteiger partial charge >= 0.3 is 6.36 Å². The van der Waals surface area contributed by atoms with Gasteiger partial charge < -0.3 is 30.1 Å². The van der Waals surface area contributed by atoms with E-state index >= 15 is 0 Å². The zero-order valence-electron chi connectivity index (χ0n) is 19.3. The summed E-state index contributed by atoms with van der Waals surface area (Å²) >= 11 is 0. The molecular weight excluding hydrogens is 481 g/mol. The SMILES string of the molecule is O=C(NCC1CCN(c2ccccc2OC(F)(F)F)CC1)[C@H](O)[C@@H](O)C(=O)N1Cc2ccncc2C1. The van der Waals surface area contributed by atoms with Gasteiger partial charge in [-0.1, -0.05) is 12.1 Å². The van der Waals surface area contributed by atoms with Crippen molar-refractivity contribution in [2.75, 3.05) is 24.5 Å². The van der Waals surface area contributed by atoms with Gasteiger partial charge in [0.15, 0.2) is 18.0 Å². The number of hydrogen-bond donors (Lipinski definition) is 3. The molecular formula is C24H27F3N4O5. The largest absolute Gasteiger partial charge is 0.573 e. The van der Waals surface area contributed by atoms with Crippen LogP contribution in [0.3, 0.4) is 0 Å². The number of fused-ring (bicyclic) bond motifs is 1. The Hall–Kier alpha value is -3.38. The molecule has 1 fully saturated rings. The molecule has 4 rings (SSSR count). The molecule has 36 heavy (non-hydrogen) atoms. The van der Waals surface area contributed by atoms with Gasteiger partial charge in [0.1, 0.15) is 0 Å². The third kappa shape index (κ3) is 6.05. The summed E-state index contributed by atoms with van der Waals surface area (Å²) < 4.78 is 42.2. The van der Waals surface area contributed by atoms with Gasteiger partial charge in [0, 0.05) is 45.1 Å². The van der Waals surface area contributed by atoms with Crippen LogP contribution in [-0.2, 0) is 22.7 Å². The smallest absolute Gasteiger partial charge is 0.404 e. The minimum Gasteiger partial charge on any atom is -0.404 e. The van der Waals surface area contributed by atoms with Gasteiger partial charge in [-0.3, -0.25) is 14.6 Å². The van der Waals surface area contributed by atoms with Gasteiger partial charge in [0.05, 0.1) is 5.69 Å². The molecule has 2 amide bonds. The molecule has 3 heterocycles. The molecule has 1 aromatic carbocycles. The first kappa shape index (κ1) is 25.7. The molecule has 2 aliphatic rings. The number of pyridine rings is 1. The fourth-order valence-corrected chi connectivity index (χ4v) is 4.50. The van der Waals surface area contributed by atoms with Crippen molar-refractivity contribution in [3.8, 4) is 5.75 Å². The van der Waals surface area contributed by atoms with Crippen LogP contribution in [0.25, 0.3) is 0 Å². The van der Waals surface area contributed by atoms with Crippen LogP contribution in [0, 0.1) is 5.92 Å². The number of hydrogen-bond acceptors (Lipinski definition) is 7. The molecule has 1 aromatic heterocycles. The fourth-order valence-electron chi connectivity index (χ4n) is 4.50. The van der Waals surface area contributed by atoms with E-state index in [9.17, 15) is 33.0 Å². The Kier molecular flexibility index (Phi) is 7.65. The lowest BCUT2D eigenvalue weighted by molar-refractivity contribution is -0.274. The number of halogens is 3. The predicted octanol–water partition coefficient (Wildman–Crippen LogP) is 1.58. The average Bonchev–Trinajstić information content (AvgIpc) is 3.30. The normalized spacial score (nSPS) is 17.9. The minimum absolute atomic E-state index is 0.0153. The molecule has 0 spiro atoms. The summed E-state index contributed by atoms with van der Waals surface area (Å²) in [7, 11) is 0. The number of carbonyl (C=O) groups is 2. The average molecular weight is 508 g/mol. The van der Waals surface area contributed by atoms with E-state index in [2.05, 4.69) is 15.0 Å². The molecule has 194 valence electrons. The number of amides is 2. The van der Waals surface area contributed by atoms with E-state index in [-0.39, 0.29) is 31.3 Å². The molecule has 0 saturated carbocycles. The van der Waals surface area contributed by atoms with E-state index in [1.54, 1.807) is 35.5 Å². The van der Waals surface area contributed by atoms with Crippen LogP contribution in [0.15, 0.2) is 42.7 Å². The van der Waals surface area contributed by atoms with E-state index in [4.69, 9.17) is 0 Å². The highest BCUT2D eigenvalue weighted by Gasteiger charge is 2.36. The minimum atomic E-state index is -4.79. The molecule has 3 N–H and O–H groups in total. The lowest BCUT2D eigenvalue weighted by atomic mass is 9.96. The van der Waals surface area contributed by atoms with Crippen molar-refractivity contribution < 1.29 is 37.7 Å². The number of aromatic nitrogens is 1. The number of piperidine rings is 1. The molecule has 0 bridgehead atoms. The summed E-state index contributed by atoms with van der Waals surface area (Å²) in [6.07, 6.45) is -4.22. The van der Waals surface area contributed by atoms with Crippen LogP contribution in [0.1, 0.15) is 24.0 Å². The molecule has 1 saturated heterocycles. The van der Waals surface area contributed by atoms with E-state index in [1.165, 1.54) is 17.0 Å². The lowest BCUT2D eigenvalue weighted by Crippen LogP contribution is -2.50. The van der Waals surface area contributed by atoms with Crippen LogP contribution in [-0.4, -0.2) is 70.1 Å². The van der Waals surface area contributed by atoms with Gasteiger partial charge in [-0.25, -0.2) is 0 Å². The number of anilines is 1. The Bertz CT molecular complexity index is 1070. The number of benzene rings is 1. The highest BCUT2D eigenvalue weighted by atomic mass is 19.4. The van der Waals surface area contributed by atoms with E-state index in [0.29, 0.717) is 31.6 Å². The Balaban J connectivity index is 1.24. The van der Waals surface area contributed by atoms with Gasteiger partial charge in [-0.05, 0) is 48.1 Å². The first-order valence-corrected chi connectivity index (χ1v) is 11.6. The standard InChI is InChI=1S/C24H27F3N4O5/c25-24(26,27)36-19-4-2-1-3-18(19)30-9-6-15(7-10-30)11-29-22(34)20(32)21(33)23(35)31-13-16-5-8-28-12-17(16)14-31/h1-5,8,12,15,20-21,32-33H,6-7,9-11,13-14H2,(H,29,34)/t20-,21-/m1/s1. The van der Waals surface area contributed by atoms with Crippen molar-refractivity contribution in [1.29, 1.82) is 0 Å². The fraction of sp³-hybridized carbons (Fsp3) is 0.458. The monoisotopic (exact) mass is 508 g/mol. The maximum absolute atomic E-state index is 12.7. The van der Waals surface area contributed by atoms with Crippen LogP contribution in [0.5, 0.6) is 5.75 Å². The Morgan fingerprint density at radius 3 is 2.47 bits per heavy atom. The highest BCUT2D eigenvalue weighted by molar-refractivity contribution is 5.90. The van der Waals surface area contributed by atoms with Gasteiger partial charge in [0.2, 0.25) is 0 Å². The number of ether oxygens (including phenoxy) is 1. The first-order chi connectivity index (χ1) is 17.1. The molecule has 0 aliphatic carbocycles. The second-order valence-corrected chi connectivity index (χ2v) is 8.92. The number of carbonyl (C=O) groups excluding carboxylic acids is 2. The maximum Gasteiger partial charge on any atom is 0.573 e. The summed E-state index contributed by atoms with van der Waals surface area (Å²) in [6.45, 7) is 1.60. The summed E-state index contributed by atoms with van der Waals surface area (Å²) in [5.74, 6) is -1.86. The third-order valence-electron chi connectivity index (χ3n) is 6.47. The molecule has 2 aliphatic heterocycles. The van der Waals surface area contributed by atoms with E-state index in [0.717, 1.165) is 11.1 Å². The number of aliphatic hydroxyl groups excluding tert-OH is 2. The van der Waals surface area contributed by atoms with Crippen molar-refractivity contribution in [2.45, 2.75) is 44.5 Å². The van der Waals surface area contributed by atoms with Crippen molar-refractivity contribution in [3.63, 3.8) is 0 Å². The number of nitrogens with zero attached hydrogens (tertiary/aromatic N) is 3. The Labute approximate surface area is 205 Å². The molecule has 2 aromatic rings. The number of nitrogens with one attached hydrogen (secondary N) is 1. The van der Waals surface area contributed by atoms with Crippen molar-refractivity contribution in [3.05, 3.63) is 53.9 Å². The lowest BCUT2D eigenvalue weighted by Gasteiger charge is -2.34. The third-order valence-corrected chi connectivity index (χ3v) is 6.47. The molecule has 2 atom stereocenters. The molecule has 9 nitrogen and oxygen atoms in total. The number of para-hydroxylation sites is 2. The predicted molar refractivity (Wildman–Crippen MR) is 122 cm³/mol. The topological polar surface area (TPSA) is 115 Å². The second-order valence-electron chi connectivity index (χ2n) is 8.92. The summed E-state index contributed by atoms with van der Waals surface area (Å²) in [5.41, 5.74) is 2.08. The maximum atomic E-state index is 12.7. The zero-order chi connectivity index (χ0) is 25.9. The van der Waals surface area contributed by atoms with Gasteiger partial charge in [-0.2, -0.15) is 0 Å². The van der Waals surface area contributed by atoms with Crippen molar-refractivity contribution in [1.82, 2.24) is 15.2 Å². The summed E-state index contributed by atoms with van der Waals surface area (Å²) in [5, 5.41) is 23.1. The Morgan fingerprint density at radius 2 is 1.78 bits per heavy atom. The van der Waals surface area contributed by atoms with E-state index in [1.807, 2.05) is 0 Å². The number of alkyl halides is 3. The number of aliphatic hydroxyl groups is 2. The van der Waals surface area contributed by atoms with Crippen molar-refractivity contribution >= 4 is 17.5 Å². The molecule has 12 heteroatoms. The summed E-state index contributed by atoms with van der Waals surface area (Å²) in [4.78, 5) is 32.1. The number of rotatable bonds is 7. The van der Waals surface area contributed by atoms with E-state index < -0.39 is 30.4 Å². The quantitative estimate of drug-likeness (QED) is 0.520. The van der Waals surface area contributed by atoms with Gasteiger partial charge in [0.25, 0.3) is 11.8 Å². The molecule has 0 radical (unpaired) electrons. The van der Waals surface area contributed by atoms with Crippen LogP contribution < -0.4 is 15.0 Å².